The Bertz CT molecular complexity index is 167. The molecule has 1 heterocycles. The summed E-state index contributed by atoms with van der Waals surface area (Å²) in [6.07, 6.45) is 2.48. The number of nitrogens with two attached hydrogens (primary N) is 1. The molecular formula is C11H24N2O2. The van der Waals surface area contributed by atoms with E-state index < -0.39 is 0 Å². The maximum atomic E-state index is 5.91. The normalized spacial score (nSPS) is 28.2. The quantitative estimate of drug-likeness (QED) is 0.645. The van der Waals surface area contributed by atoms with Crippen LogP contribution in [0.1, 0.15) is 19.8 Å². The molecule has 0 aromatic heterocycles. The van der Waals surface area contributed by atoms with Gasteiger partial charge in [-0.15, -0.1) is 0 Å². The SMILES string of the molecule is COCCC(N)CNCC1CCOC1C. The minimum atomic E-state index is 0.197. The molecule has 3 unspecified atom stereocenters. The summed E-state index contributed by atoms with van der Waals surface area (Å²) in [6, 6.07) is 0.197. The van der Waals surface area contributed by atoms with Gasteiger partial charge in [0, 0.05) is 39.5 Å². The fourth-order valence-corrected chi connectivity index (χ4v) is 1.87. The van der Waals surface area contributed by atoms with Gasteiger partial charge in [-0.25, -0.2) is 0 Å². The van der Waals surface area contributed by atoms with Crippen LogP contribution in [0.5, 0.6) is 0 Å². The molecule has 15 heavy (non-hydrogen) atoms. The van der Waals surface area contributed by atoms with Crippen molar-refractivity contribution < 1.29 is 9.47 Å². The van der Waals surface area contributed by atoms with E-state index in [9.17, 15) is 0 Å². The molecule has 4 heteroatoms. The number of nitrogens with one attached hydrogen (secondary N) is 1. The van der Waals surface area contributed by atoms with Crippen molar-refractivity contribution >= 4 is 0 Å². The van der Waals surface area contributed by atoms with Crippen molar-refractivity contribution in [3.63, 3.8) is 0 Å². The van der Waals surface area contributed by atoms with E-state index in [4.69, 9.17) is 15.2 Å². The molecule has 0 saturated carbocycles. The topological polar surface area (TPSA) is 56.5 Å². The molecule has 1 aliphatic rings. The molecule has 90 valence electrons. The van der Waals surface area contributed by atoms with E-state index in [1.54, 1.807) is 7.11 Å². The highest BCUT2D eigenvalue weighted by Crippen LogP contribution is 2.19. The van der Waals surface area contributed by atoms with Crippen molar-refractivity contribution in [1.29, 1.82) is 0 Å². The van der Waals surface area contributed by atoms with Crippen molar-refractivity contribution in [2.45, 2.75) is 31.9 Å². The molecule has 0 aromatic rings. The van der Waals surface area contributed by atoms with Crippen molar-refractivity contribution in [2.24, 2.45) is 11.7 Å². The van der Waals surface area contributed by atoms with Crippen molar-refractivity contribution in [2.75, 3.05) is 33.4 Å². The number of rotatable bonds is 7. The van der Waals surface area contributed by atoms with Gasteiger partial charge in [-0.1, -0.05) is 0 Å². The van der Waals surface area contributed by atoms with Crippen LogP contribution in [0.2, 0.25) is 0 Å². The lowest BCUT2D eigenvalue weighted by atomic mass is 10.0. The second-order valence-corrected chi connectivity index (χ2v) is 4.32. The second kappa shape index (κ2) is 7.17. The summed E-state index contributed by atoms with van der Waals surface area (Å²) in [7, 11) is 1.71. The first-order valence-electron chi connectivity index (χ1n) is 5.81. The standard InChI is InChI=1S/C11H24N2O2/c1-9-10(3-6-15-9)7-13-8-11(12)4-5-14-2/h9-11,13H,3-8,12H2,1-2H3. The van der Waals surface area contributed by atoms with Crippen LogP contribution in [0.25, 0.3) is 0 Å². The van der Waals surface area contributed by atoms with Gasteiger partial charge in [0.05, 0.1) is 6.10 Å². The Morgan fingerprint density at radius 2 is 2.40 bits per heavy atom. The highest BCUT2D eigenvalue weighted by atomic mass is 16.5. The third-order valence-corrected chi connectivity index (χ3v) is 3.04. The lowest BCUT2D eigenvalue weighted by Gasteiger charge is -2.17. The van der Waals surface area contributed by atoms with Gasteiger partial charge in [-0.05, 0) is 25.7 Å². The zero-order valence-electron chi connectivity index (χ0n) is 9.87. The summed E-state index contributed by atoms with van der Waals surface area (Å²) in [6.45, 7) is 5.67. The second-order valence-electron chi connectivity index (χ2n) is 4.32. The van der Waals surface area contributed by atoms with Gasteiger partial charge in [0.15, 0.2) is 0 Å². The molecule has 0 spiro atoms. The summed E-state index contributed by atoms with van der Waals surface area (Å²) in [4.78, 5) is 0. The Balaban J connectivity index is 2.00. The van der Waals surface area contributed by atoms with Crippen LogP contribution in [-0.4, -0.2) is 45.6 Å². The monoisotopic (exact) mass is 216 g/mol. The maximum absolute atomic E-state index is 5.91. The molecule has 0 aromatic carbocycles. The molecule has 3 N–H and O–H groups in total. The van der Waals surface area contributed by atoms with E-state index in [1.807, 2.05) is 0 Å². The van der Waals surface area contributed by atoms with Gasteiger partial charge in [-0.2, -0.15) is 0 Å². The van der Waals surface area contributed by atoms with Crippen molar-refractivity contribution in [3.8, 4) is 0 Å². The first kappa shape index (κ1) is 12.9. The molecule has 1 fully saturated rings. The van der Waals surface area contributed by atoms with Crippen LogP contribution < -0.4 is 11.1 Å². The van der Waals surface area contributed by atoms with E-state index in [0.717, 1.165) is 32.7 Å². The predicted molar refractivity (Wildman–Crippen MR) is 60.9 cm³/mol. The third-order valence-electron chi connectivity index (χ3n) is 3.04. The van der Waals surface area contributed by atoms with E-state index in [0.29, 0.717) is 12.0 Å². The number of ether oxygens (including phenoxy) is 2. The van der Waals surface area contributed by atoms with Gasteiger partial charge in [0.2, 0.25) is 0 Å². The Kier molecular flexibility index (Phi) is 6.17. The van der Waals surface area contributed by atoms with E-state index in [1.165, 1.54) is 6.42 Å². The lowest BCUT2D eigenvalue weighted by molar-refractivity contribution is 0.105. The van der Waals surface area contributed by atoms with Gasteiger partial charge >= 0.3 is 0 Å². The van der Waals surface area contributed by atoms with Crippen LogP contribution in [-0.2, 0) is 9.47 Å². The average molecular weight is 216 g/mol. The predicted octanol–water partition coefficient (Wildman–Crippen LogP) is 0.365. The summed E-state index contributed by atoms with van der Waals surface area (Å²) < 4.78 is 10.5. The molecule has 1 aliphatic heterocycles. The zero-order valence-corrected chi connectivity index (χ0v) is 9.87. The molecule has 0 amide bonds. The summed E-state index contributed by atoms with van der Waals surface area (Å²) in [5.41, 5.74) is 5.91. The number of methoxy groups -OCH3 is 1. The summed E-state index contributed by atoms with van der Waals surface area (Å²) in [5.74, 6) is 0.652. The number of hydrogen-bond acceptors (Lipinski definition) is 4. The van der Waals surface area contributed by atoms with E-state index in [-0.39, 0.29) is 6.04 Å². The third kappa shape index (κ3) is 4.93. The Labute approximate surface area is 92.5 Å². The molecule has 3 atom stereocenters. The first-order valence-corrected chi connectivity index (χ1v) is 5.81. The summed E-state index contributed by atoms with van der Waals surface area (Å²) in [5, 5.41) is 3.41. The Morgan fingerprint density at radius 1 is 1.60 bits per heavy atom. The van der Waals surface area contributed by atoms with Gasteiger partial charge in [-0.3, -0.25) is 0 Å². The van der Waals surface area contributed by atoms with Gasteiger partial charge in [0.25, 0.3) is 0 Å². The molecule has 4 nitrogen and oxygen atoms in total. The van der Waals surface area contributed by atoms with Crippen LogP contribution >= 0.6 is 0 Å². The van der Waals surface area contributed by atoms with Crippen LogP contribution in [0.3, 0.4) is 0 Å². The highest BCUT2D eigenvalue weighted by Gasteiger charge is 2.23. The fraction of sp³-hybridized carbons (Fsp3) is 1.00. The molecule has 0 aliphatic carbocycles. The summed E-state index contributed by atoms with van der Waals surface area (Å²) >= 11 is 0. The molecule has 1 saturated heterocycles. The smallest absolute Gasteiger partial charge is 0.0588 e. The fourth-order valence-electron chi connectivity index (χ4n) is 1.87. The van der Waals surface area contributed by atoms with E-state index in [2.05, 4.69) is 12.2 Å². The van der Waals surface area contributed by atoms with Crippen LogP contribution in [0.15, 0.2) is 0 Å². The minimum absolute atomic E-state index is 0.197. The largest absolute Gasteiger partial charge is 0.385 e. The lowest BCUT2D eigenvalue weighted by Crippen LogP contribution is -2.38. The maximum Gasteiger partial charge on any atom is 0.0588 e. The molecule has 1 rings (SSSR count). The number of hydrogen-bond donors (Lipinski definition) is 2. The minimum Gasteiger partial charge on any atom is -0.385 e. The molecule has 0 radical (unpaired) electrons. The Hall–Kier alpha value is -0.160. The van der Waals surface area contributed by atoms with E-state index >= 15 is 0 Å². The molecule has 0 bridgehead atoms. The highest BCUT2D eigenvalue weighted by molar-refractivity contribution is 4.75. The van der Waals surface area contributed by atoms with Crippen LogP contribution in [0, 0.1) is 5.92 Å². The zero-order chi connectivity index (χ0) is 11.1. The van der Waals surface area contributed by atoms with Crippen molar-refractivity contribution in [3.05, 3.63) is 0 Å². The molecular weight excluding hydrogens is 192 g/mol. The van der Waals surface area contributed by atoms with Crippen molar-refractivity contribution in [1.82, 2.24) is 5.32 Å². The first-order chi connectivity index (χ1) is 7.24. The average Bonchev–Trinajstić information content (AvgIpc) is 2.61. The van der Waals surface area contributed by atoms with Gasteiger partial charge in [0.1, 0.15) is 0 Å². The van der Waals surface area contributed by atoms with Crippen LogP contribution in [0.4, 0.5) is 0 Å². The van der Waals surface area contributed by atoms with Gasteiger partial charge < -0.3 is 20.5 Å². The Morgan fingerprint density at radius 3 is 3.00 bits per heavy atom.